The van der Waals surface area contributed by atoms with Crippen molar-refractivity contribution in [1.29, 1.82) is 0 Å². The molecule has 49 heavy (non-hydrogen) atoms. The quantitative estimate of drug-likeness (QED) is 0.197. The van der Waals surface area contributed by atoms with Crippen molar-refractivity contribution in [3.8, 4) is 0 Å². The van der Waals surface area contributed by atoms with Crippen LogP contribution in [0.4, 0.5) is 0 Å². The summed E-state index contributed by atoms with van der Waals surface area (Å²) in [5.41, 5.74) is 6.21. The number of rotatable bonds is 7. The first-order valence-corrected chi connectivity index (χ1v) is 19.4. The molecule has 0 unspecified atom stereocenters. The first-order chi connectivity index (χ1) is 23.2. The first kappa shape index (κ1) is 37.4. The Hall–Kier alpha value is -2.82. The number of pyridine rings is 2. The predicted molar refractivity (Wildman–Crippen MR) is 211 cm³/mol. The molecule has 0 spiro atoms. The van der Waals surface area contributed by atoms with Gasteiger partial charge in [0.2, 0.25) is 0 Å². The van der Waals surface area contributed by atoms with Gasteiger partial charge in [-0.1, -0.05) is 112 Å². The normalized spacial score (nSPS) is 17.6. The van der Waals surface area contributed by atoms with Crippen molar-refractivity contribution in [2.45, 2.75) is 120 Å². The van der Waals surface area contributed by atoms with Crippen LogP contribution >= 0.6 is 0 Å². The van der Waals surface area contributed by atoms with Crippen LogP contribution in [0.15, 0.2) is 60.9 Å². The molecule has 2 saturated heterocycles. The van der Waals surface area contributed by atoms with E-state index in [0.717, 1.165) is 31.3 Å². The van der Waals surface area contributed by atoms with Crippen LogP contribution in [0.25, 0.3) is 21.5 Å². The van der Waals surface area contributed by atoms with E-state index in [1.165, 1.54) is 95.9 Å². The average Bonchev–Trinajstić information content (AvgIpc) is 3.07. The second-order valence-electron chi connectivity index (χ2n) is 17.9. The number of benzene rings is 2. The molecule has 4 nitrogen and oxygen atoms in total. The standard InChI is InChI=1S/C23H34N2.C22H32N2/c1-17(2)22-21-9-7-6-8-20(21)18(16-24-22)10-13-25-14-11-19(12-15-25)23(3,4)5;1-16(2)21-20-8-6-7-17(19(20)9-12-23-21)15-24-13-10-18(11-14-24)22(3,4)5/h6-9,16-17,19H,10-15H2,1-5H3;6-9,12,16,18H,10-11,13-15H2,1-5H3. The van der Waals surface area contributed by atoms with E-state index in [9.17, 15) is 0 Å². The van der Waals surface area contributed by atoms with Crippen molar-refractivity contribution in [3.63, 3.8) is 0 Å². The highest BCUT2D eigenvalue weighted by atomic mass is 15.1. The highest BCUT2D eigenvalue weighted by Gasteiger charge is 2.30. The van der Waals surface area contributed by atoms with Gasteiger partial charge in [0.25, 0.3) is 0 Å². The largest absolute Gasteiger partial charge is 0.303 e. The van der Waals surface area contributed by atoms with Gasteiger partial charge in [-0.2, -0.15) is 0 Å². The maximum Gasteiger partial charge on any atom is 0.0507 e. The molecule has 0 aliphatic carbocycles. The van der Waals surface area contributed by atoms with Crippen molar-refractivity contribution in [1.82, 2.24) is 19.8 Å². The van der Waals surface area contributed by atoms with Gasteiger partial charge >= 0.3 is 0 Å². The minimum Gasteiger partial charge on any atom is -0.303 e. The molecule has 0 saturated carbocycles. The molecule has 0 bridgehead atoms. The van der Waals surface area contributed by atoms with E-state index in [2.05, 4.69) is 139 Å². The average molecular weight is 663 g/mol. The van der Waals surface area contributed by atoms with E-state index in [0.29, 0.717) is 22.7 Å². The Kier molecular flexibility index (Phi) is 12.2. The van der Waals surface area contributed by atoms with Crippen LogP contribution in [-0.2, 0) is 13.0 Å². The number of piperidine rings is 2. The van der Waals surface area contributed by atoms with Crippen molar-refractivity contribution in [2.75, 3.05) is 32.7 Å². The third-order valence-corrected chi connectivity index (χ3v) is 11.6. The molecule has 6 rings (SSSR count). The van der Waals surface area contributed by atoms with E-state index < -0.39 is 0 Å². The summed E-state index contributed by atoms with van der Waals surface area (Å²) in [5, 5.41) is 5.44. The van der Waals surface area contributed by atoms with Gasteiger partial charge in [0.05, 0.1) is 11.4 Å². The summed E-state index contributed by atoms with van der Waals surface area (Å²) in [7, 11) is 0. The summed E-state index contributed by atoms with van der Waals surface area (Å²) in [5.74, 6) is 2.66. The zero-order chi connectivity index (χ0) is 35.3. The Morgan fingerprint density at radius 3 is 1.63 bits per heavy atom. The van der Waals surface area contributed by atoms with Gasteiger partial charge in [-0.15, -0.1) is 0 Å². The lowest BCUT2D eigenvalue weighted by atomic mass is 9.75. The van der Waals surface area contributed by atoms with Crippen LogP contribution in [0.5, 0.6) is 0 Å². The molecular weight excluding hydrogens is 597 g/mol. The van der Waals surface area contributed by atoms with Gasteiger partial charge in [0, 0.05) is 36.3 Å². The zero-order valence-corrected chi connectivity index (χ0v) is 32.6. The molecule has 2 fully saturated rings. The molecule has 0 atom stereocenters. The molecule has 0 radical (unpaired) electrons. The molecule has 2 aliphatic heterocycles. The second-order valence-corrected chi connectivity index (χ2v) is 17.9. The SMILES string of the molecule is CC(C)c1ncc(CCN2CCC(C(C)(C)C)CC2)c2ccccc12.CC(C)c1nccc2c(CN3CCC(C(C)(C)C)CC3)cccc12. The van der Waals surface area contributed by atoms with Crippen LogP contribution in [-0.4, -0.2) is 52.5 Å². The summed E-state index contributed by atoms with van der Waals surface area (Å²) in [4.78, 5) is 14.7. The third-order valence-electron chi connectivity index (χ3n) is 11.6. The van der Waals surface area contributed by atoms with Gasteiger partial charge in [0.1, 0.15) is 0 Å². The molecule has 266 valence electrons. The fourth-order valence-corrected chi connectivity index (χ4v) is 8.32. The third kappa shape index (κ3) is 9.50. The fourth-order valence-electron chi connectivity index (χ4n) is 8.32. The lowest BCUT2D eigenvalue weighted by Crippen LogP contribution is -2.38. The number of likely N-dealkylation sites (tertiary alicyclic amines) is 2. The fraction of sp³-hybridized carbons (Fsp3) is 0.600. The summed E-state index contributed by atoms with van der Waals surface area (Å²) >= 11 is 0. The second kappa shape index (κ2) is 16.0. The Morgan fingerprint density at radius 2 is 1.08 bits per heavy atom. The van der Waals surface area contributed by atoms with Crippen LogP contribution in [0.3, 0.4) is 0 Å². The number of nitrogens with zero attached hydrogens (tertiary/aromatic N) is 4. The summed E-state index contributed by atoms with van der Waals surface area (Å²) in [6.07, 6.45) is 10.5. The highest BCUT2D eigenvalue weighted by molar-refractivity contribution is 5.88. The predicted octanol–water partition coefficient (Wildman–Crippen LogP) is 11.3. The highest BCUT2D eigenvalue weighted by Crippen LogP contribution is 2.36. The van der Waals surface area contributed by atoms with Gasteiger partial charge in [-0.25, -0.2) is 0 Å². The molecule has 4 aromatic rings. The molecule has 2 aliphatic rings. The van der Waals surface area contributed by atoms with E-state index >= 15 is 0 Å². The minimum absolute atomic E-state index is 0.448. The van der Waals surface area contributed by atoms with Gasteiger partial charge in [0.15, 0.2) is 0 Å². The van der Waals surface area contributed by atoms with Crippen LogP contribution in [0, 0.1) is 22.7 Å². The smallest absolute Gasteiger partial charge is 0.0507 e. The Labute approximate surface area is 299 Å². The molecule has 2 aromatic heterocycles. The summed E-state index contributed by atoms with van der Waals surface area (Å²) in [6, 6.07) is 17.7. The molecule has 4 heterocycles. The Morgan fingerprint density at radius 1 is 0.592 bits per heavy atom. The minimum atomic E-state index is 0.448. The van der Waals surface area contributed by atoms with E-state index in [4.69, 9.17) is 4.98 Å². The van der Waals surface area contributed by atoms with Gasteiger partial charge in [-0.05, 0) is 121 Å². The van der Waals surface area contributed by atoms with Crippen molar-refractivity contribution in [2.24, 2.45) is 22.7 Å². The van der Waals surface area contributed by atoms with E-state index in [1.54, 1.807) is 0 Å². The van der Waals surface area contributed by atoms with Crippen LogP contribution < -0.4 is 0 Å². The van der Waals surface area contributed by atoms with Crippen molar-refractivity contribution >= 4 is 21.5 Å². The lowest BCUT2D eigenvalue weighted by molar-refractivity contribution is 0.108. The molecule has 0 amide bonds. The first-order valence-electron chi connectivity index (χ1n) is 19.4. The monoisotopic (exact) mass is 663 g/mol. The maximum absolute atomic E-state index is 4.80. The number of hydrogen-bond donors (Lipinski definition) is 0. The molecular formula is C45H66N4. The molecule has 2 aromatic carbocycles. The number of fused-ring (bicyclic) bond motifs is 2. The Balaban J connectivity index is 0.000000191. The number of hydrogen-bond acceptors (Lipinski definition) is 4. The lowest BCUT2D eigenvalue weighted by Gasteiger charge is -2.39. The Bertz CT molecular complexity index is 1640. The van der Waals surface area contributed by atoms with Gasteiger partial charge < -0.3 is 4.90 Å². The summed E-state index contributed by atoms with van der Waals surface area (Å²) in [6.45, 7) is 30.4. The van der Waals surface area contributed by atoms with Crippen LogP contribution in [0.1, 0.15) is 129 Å². The zero-order valence-electron chi connectivity index (χ0n) is 32.6. The summed E-state index contributed by atoms with van der Waals surface area (Å²) < 4.78 is 0. The van der Waals surface area contributed by atoms with Crippen molar-refractivity contribution in [3.05, 3.63) is 83.4 Å². The van der Waals surface area contributed by atoms with E-state index in [1.807, 2.05) is 6.20 Å². The van der Waals surface area contributed by atoms with Crippen LogP contribution in [0.2, 0.25) is 0 Å². The number of aromatic nitrogens is 2. The topological polar surface area (TPSA) is 32.3 Å². The van der Waals surface area contributed by atoms with Crippen molar-refractivity contribution < 1.29 is 0 Å². The molecule has 0 N–H and O–H groups in total. The van der Waals surface area contributed by atoms with E-state index in [-0.39, 0.29) is 0 Å². The van der Waals surface area contributed by atoms with Gasteiger partial charge in [-0.3, -0.25) is 14.9 Å². The molecule has 4 heteroatoms. The maximum atomic E-state index is 4.80.